The van der Waals surface area contributed by atoms with Crippen LogP contribution >= 0.6 is 0 Å². The van der Waals surface area contributed by atoms with Gasteiger partial charge in [0.2, 0.25) is 0 Å². The number of hydrogen-bond acceptors (Lipinski definition) is 3. The Labute approximate surface area is 57.1 Å². The summed E-state index contributed by atoms with van der Waals surface area (Å²) in [6, 6.07) is 0. The zero-order valence-electron chi connectivity index (χ0n) is 7.18. The third-order valence-electron chi connectivity index (χ3n) is 0.348. The predicted molar refractivity (Wildman–Crippen MR) is 36.2 cm³/mol. The first-order valence-electron chi connectivity index (χ1n) is 2.93. The van der Waals surface area contributed by atoms with Crippen molar-refractivity contribution in [3.05, 3.63) is 0 Å². The minimum atomic E-state index is -0.211. The maximum Gasteiger partial charge on any atom is 1.00 e. The van der Waals surface area contributed by atoms with E-state index >= 15 is 0 Å². The Kier molecular flexibility index (Phi) is 13.0. The lowest BCUT2D eigenvalue weighted by Gasteiger charge is -1.89. The van der Waals surface area contributed by atoms with Crippen molar-refractivity contribution in [2.45, 2.75) is 20.8 Å². The molecule has 0 aliphatic rings. The summed E-state index contributed by atoms with van der Waals surface area (Å²) in [5, 5.41) is 7.57. The van der Waals surface area contributed by atoms with Gasteiger partial charge in [-0.25, -0.2) is 0 Å². The second kappa shape index (κ2) is 10.4. The molecule has 1 N–H and O–H groups in total. The van der Waals surface area contributed by atoms with Crippen LogP contribution in [0, 0.1) is 0 Å². The first kappa shape index (κ1) is 11.3. The highest BCUT2D eigenvalue weighted by Gasteiger charge is 1.81. The SMILES string of the molecule is CCO.CCOC(C)=O.[H+]. The van der Waals surface area contributed by atoms with E-state index in [0.717, 1.165) is 0 Å². The van der Waals surface area contributed by atoms with Crippen LogP contribution in [0.3, 0.4) is 0 Å². The van der Waals surface area contributed by atoms with Crippen molar-refractivity contribution in [1.82, 2.24) is 0 Å². The molecule has 0 aliphatic heterocycles. The number of carbonyl (C=O) groups excluding carboxylic acids is 1. The summed E-state index contributed by atoms with van der Waals surface area (Å²) < 4.78 is 4.40. The molecular weight excluding hydrogens is 120 g/mol. The second-order valence-electron chi connectivity index (χ2n) is 1.24. The van der Waals surface area contributed by atoms with Gasteiger partial charge >= 0.3 is 7.40 Å². The Bertz CT molecular complexity index is 66.0. The third kappa shape index (κ3) is 37.1. The fourth-order valence-electron chi connectivity index (χ4n) is 0.203. The van der Waals surface area contributed by atoms with Gasteiger partial charge in [-0.05, 0) is 13.8 Å². The fourth-order valence-corrected chi connectivity index (χ4v) is 0.203. The van der Waals surface area contributed by atoms with E-state index in [1.165, 1.54) is 6.92 Å². The van der Waals surface area contributed by atoms with Crippen LogP contribution in [0.5, 0.6) is 0 Å². The van der Waals surface area contributed by atoms with Gasteiger partial charge in [0.15, 0.2) is 0 Å². The standard InChI is InChI=1S/C4H8O2.C2H6O/c1-3-6-4(2)5;1-2-3/h3H2,1-2H3;3H,2H2,1H3/p+1. The normalized spacial score (nSPS) is 7.11. The highest BCUT2D eigenvalue weighted by Crippen LogP contribution is 1.69. The van der Waals surface area contributed by atoms with Gasteiger partial charge in [0.1, 0.15) is 0 Å². The van der Waals surface area contributed by atoms with E-state index in [1.54, 1.807) is 13.8 Å². The van der Waals surface area contributed by atoms with Crippen molar-refractivity contribution < 1.29 is 16.1 Å². The number of esters is 1. The second-order valence-corrected chi connectivity index (χ2v) is 1.24. The van der Waals surface area contributed by atoms with Crippen LogP contribution in [0.4, 0.5) is 0 Å². The van der Waals surface area contributed by atoms with Crippen molar-refractivity contribution in [3.63, 3.8) is 0 Å². The number of rotatable bonds is 1. The van der Waals surface area contributed by atoms with Gasteiger partial charge in [-0.1, -0.05) is 0 Å². The van der Waals surface area contributed by atoms with Gasteiger partial charge in [0.25, 0.3) is 0 Å². The molecule has 0 saturated heterocycles. The molecule has 56 valence electrons. The highest BCUT2D eigenvalue weighted by molar-refractivity contribution is 5.65. The summed E-state index contributed by atoms with van der Waals surface area (Å²) in [5.74, 6) is -0.211. The van der Waals surface area contributed by atoms with Crippen LogP contribution in [0.15, 0.2) is 0 Å². The lowest BCUT2D eigenvalue weighted by Crippen LogP contribution is -1.95. The van der Waals surface area contributed by atoms with Crippen LogP contribution in [0.2, 0.25) is 0 Å². The average Bonchev–Trinajstić information content (AvgIpc) is 1.67. The van der Waals surface area contributed by atoms with Crippen LogP contribution in [-0.4, -0.2) is 24.3 Å². The molecular formula is C6H15O3+. The van der Waals surface area contributed by atoms with Gasteiger partial charge in [-0.2, -0.15) is 0 Å². The van der Waals surface area contributed by atoms with Crippen molar-refractivity contribution in [1.29, 1.82) is 0 Å². The van der Waals surface area contributed by atoms with Gasteiger partial charge in [0.05, 0.1) is 6.61 Å². The Balaban J connectivity index is -0.000000107. The largest absolute Gasteiger partial charge is 1.00 e. The van der Waals surface area contributed by atoms with Gasteiger partial charge in [0, 0.05) is 13.5 Å². The van der Waals surface area contributed by atoms with Crippen LogP contribution in [-0.2, 0) is 9.53 Å². The summed E-state index contributed by atoms with van der Waals surface area (Å²) >= 11 is 0. The molecule has 0 heterocycles. The van der Waals surface area contributed by atoms with E-state index in [4.69, 9.17) is 5.11 Å². The van der Waals surface area contributed by atoms with Crippen LogP contribution in [0.25, 0.3) is 0 Å². The molecule has 3 nitrogen and oxygen atoms in total. The Morgan fingerprint density at radius 3 is 2.00 bits per heavy atom. The van der Waals surface area contributed by atoms with E-state index in [-0.39, 0.29) is 14.0 Å². The van der Waals surface area contributed by atoms with Gasteiger partial charge in [-0.15, -0.1) is 0 Å². The summed E-state index contributed by atoms with van der Waals surface area (Å²) in [7, 11) is 0. The summed E-state index contributed by atoms with van der Waals surface area (Å²) in [5.41, 5.74) is 0. The number of hydrogen-bond donors (Lipinski definition) is 1. The average molecular weight is 135 g/mol. The van der Waals surface area contributed by atoms with Crippen molar-refractivity contribution in [3.8, 4) is 0 Å². The van der Waals surface area contributed by atoms with E-state index in [1.807, 2.05) is 0 Å². The molecule has 0 bridgehead atoms. The Hall–Kier alpha value is -0.570. The molecule has 0 fully saturated rings. The van der Waals surface area contributed by atoms with Gasteiger partial charge < -0.3 is 9.84 Å². The van der Waals surface area contributed by atoms with E-state index in [2.05, 4.69) is 4.74 Å². The van der Waals surface area contributed by atoms with E-state index < -0.39 is 0 Å². The van der Waals surface area contributed by atoms with Crippen LogP contribution in [0.1, 0.15) is 22.2 Å². The molecule has 0 aliphatic carbocycles. The van der Waals surface area contributed by atoms with Crippen molar-refractivity contribution in [2.75, 3.05) is 13.2 Å². The van der Waals surface area contributed by atoms with E-state index in [0.29, 0.717) is 6.61 Å². The molecule has 0 aromatic heterocycles. The summed E-state index contributed by atoms with van der Waals surface area (Å²) in [6.45, 7) is 5.58. The molecule has 0 atom stereocenters. The van der Waals surface area contributed by atoms with Crippen molar-refractivity contribution in [2.24, 2.45) is 0 Å². The van der Waals surface area contributed by atoms with Crippen molar-refractivity contribution >= 4 is 5.97 Å². The maximum absolute atomic E-state index is 9.82. The van der Waals surface area contributed by atoms with Gasteiger partial charge in [-0.3, -0.25) is 4.79 Å². The number of aliphatic hydroxyl groups is 1. The minimum Gasteiger partial charge on any atom is -0.466 e. The number of ether oxygens (including phenoxy) is 1. The number of aliphatic hydroxyl groups excluding tert-OH is 1. The maximum atomic E-state index is 9.82. The lowest BCUT2D eigenvalue weighted by atomic mass is 10.8. The molecule has 0 spiro atoms. The zero-order valence-corrected chi connectivity index (χ0v) is 6.18. The summed E-state index contributed by atoms with van der Waals surface area (Å²) in [4.78, 5) is 9.82. The summed E-state index contributed by atoms with van der Waals surface area (Å²) in [6.07, 6.45) is 0. The van der Waals surface area contributed by atoms with Crippen LogP contribution < -0.4 is 0 Å². The molecule has 0 amide bonds. The molecule has 3 heteroatoms. The molecule has 0 rings (SSSR count). The molecule has 0 saturated carbocycles. The quantitative estimate of drug-likeness (QED) is 0.538. The third-order valence-corrected chi connectivity index (χ3v) is 0.348. The predicted octanol–water partition coefficient (Wildman–Crippen LogP) is 0.680. The van der Waals surface area contributed by atoms with E-state index in [9.17, 15) is 4.79 Å². The molecule has 0 unspecified atom stereocenters. The Morgan fingerprint density at radius 1 is 1.67 bits per heavy atom. The smallest absolute Gasteiger partial charge is 0.466 e. The number of carbonyl (C=O) groups is 1. The monoisotopic (exact) mass is 135 g/mol. The molecule has 0 aromatic carbocycles. The molecule has 0 aromatic rings. The first-order chi connectivity index (χ1) is 4.18. The molecule has 0 radical (unpaired) electrons. The zero-order chi connectivity index (χ0) is 7.70. The minimum absolute atomic E-state index is 0. The molecule has 9 heavy (non-hydrogen) atoms. The lowest BCUT2D eigenvalue weighted by molar-refractivity contribution is -0.140. The topological polar surface area (TPSA) is 46.5 Å². The highest BCUT2D eigenvalue weighted by atomic mass is 16.5. The Morgan fingerprint density at radius 2 is 2.00 bits per heavy atom. The first-order valence-corrected chi connectivity index (χ1v) is 2.93. The fraction of sp³-hybridized carbons (Fsp3) is 0.833.